The smallest absolute Gasteiger partial charge is 0.200 e. The number of Topliss-reactive ketones (excluding diaryl/α,β-unsaturated/α-hetero) is 1. The Balaban J connectivity index is 1.99. The lowest BCUT2D eigenvalue weighted by molar-refractivity contribution is 0.0921. The Labute approximate surface area is 126 Å². The van der Waals surface area contributed by atoms with E-state index in [4.69, 9.17) is 4.74 Å². The summed E-state index contributed by atoms with van der Waals surface area (Å²) >= 11 is 0. The zero-order valence-corrected chi connectivity index (χ0v) is 13.1. The number of aryl methyl sites for hydroxylation is 2. The first-order valence-corrected chi connectivity index (χ1v) is 7.30. The maximum atomic E-state index is 12.1. The highest BCUT2D eigenvalue weighted by molar-refractivity contribution is 5.97. The summed E-state index contributed by atoms with van der Waals surface area (Å²) in [5.41, 5.74) is 4.32. The second-order valence-corrected chi connectivity index (χ2v) is 5.73. The highest BCUT2D eigenvalue weighted by Crippen LogP contribution is 2.18. The molecule has 0 aliphatic rings. The molecule has 2 aromatic rings. The second kappa shape index (κ2) is 6.57. The van der Waals surface area contributed by atoms with Gasteiger partial charge in [-0.25, -0.2) is 0 Å². The highest BCUT2D eigenvalue weighted by Gasteiger charge is 2.08. The molecule has 0 atom stereocenters. The lowest BCUT2D eigenvalue weighted by Crippen LogP contribution is -2.11. The first-order valence-electron chi connectivity index (χ1n) is 7.30. The van der Waals surface area contributed by atoms with Gasteiger partial charge in [0.25, 0.3) is 0 Å². The molecular formula is C19H22O2. The van der Waals surface area contributed by atoms with E-state index in [-0.39, 0.29) is 12.4 Å². The Kier molecular flexibility index (Phi) is 4.79. The summed E-state index contributed by atoms with van der Waals surface area (Å²) in [5.74, 6) is 1.22. The monoisotopic (exact) mass is 282 g/mol. The average Bonchev–Trinajstić information content (AvgIpc) is 2.48. The quantitative estimate of drug-likeness (QED) is 0.744. The Hall–Kier alpha value is -2.09. The van der Waals surface area contributed by atoms with Crippen LogP contribution in [-0.4, -0.2) is 12.4 Å². The van der Waals surface area contributed by atoms with E-state index in [1.165, 1.54) is 16.7 Å². The molecule has 0 spiro atoms. The Bertz CT molecular complexity index is 625. The van der Waals surface area contributed by atoms with Gasteiger partial charge in [0.1, 0.15) is 5.75 Å². The van der Waals surface area contributed by atoms with Crippen LogP contribution >= 0.6 is 0 Å². The van der Waals surface area contributed by atoms with Crippen molar-refractivity contribution in [2.45, 2.75) is 33.6 Å². The summed E-state index contributed by atoms with van der Waals surface area (Å²) in [4.78, 5) is 12.1. The molecule has 0 saturated carbocycles. The van der Waals surface area contributed by atoms with Gasteiger partial charge in [-0.1, -0.05) is 44.2 Å². The number of rotatable bonds is 5. The zero-order valence-electron chi connectivity index (χ0n) is 13.1. The van der Waals surface area contributed by atoms with Crippen LogP contribution in [0.5, 0.6) is 5.75 Å². The molecule has 0 fully saturated rings. The number of ether oxygens (including phenoxy) is 1. The molecule has 0 aliphatic heterocycles. The molecule has 0 saturated heterocycles. The zero-order chi connectivity index (χ0) is 15.4. The van der Waals surface area contributed by atoms with Gasteiger partial charge < -0.3 is 4.74 Å². The van der Waals surface area contributed by atoms with Gasteiger partial charge in [0.05, 0.1) is 0 Å². The molecule has 0 aromatic heterocycles. The van der Waals surface area contributed by atoms with Gasteiger partial charge in [0.2, 0.25) is 0 Å². The number of ketones is 1. The fourth-order valence-electron chi connectivity index (χ4n) is 2.09. The summed E-state index contributed by atoms with van der Waals surface area (Å²) in [6.07, 6.45) is 0. The molecular weight excluding hydrogens is 260 g/mol. The molecule has 0 aliphatic carbocycles. The fraction of sp³-hybridized carbons (Fsp3) is 0.316. The number of hydrogen-bond acceptors (Lipinski definition) is 2. The van der Waals surface area contributed by atoms with Crippen LogP contribution in [0.3, 0.4) is 0 Å². The van der Waals surface area contributed by atoms with Crippen LogP contribution in [0.15, 0.2) is 42.5 Å². The van der Waals surface area contributed by atoms with E-state index in [1.807, 2.05) is 49.4 Å². The van der Waals surface area contributed by atoms with Gasteiger partial charge in [-0.15, -0.1) is 0 Å². The molecule has 2 rings (SSSR count). The molecule has 0 unspecified atom stereocenters. The van der Waals surface area contributed by atoms with E-state index in [2.05, 4.69) is 20.8 Å². The predicted molar refractivity (Wildman–Crippen MR) is 86.3 cm³/mol. The third-order valence-corrected chi connectivity index (χ3v) is 3.75. The first kappa shape index (κ1) is 15.3. The molecule has 0 N–H and O–H groups in total. The van der Waals surface area contributed by atoms with Crippen LogP contribution in [0, 0.1) is 13.8 Å². The minimum absolute atomic E-state index is 0.00327. The topological polar surface area (TPSA) is 26.3 Å². The van der Waals surface area contributed by atoms with Gasteiger partial charge in [-0.2, -0.15) is 0 Å². The number of benzene rings is 2. The van der Waals surface area contributed by atoms with E-state index in [0.717, 1.165) is 5.75 Å². The van der Waals surface area contributed by atoms with E-state index in [9.17, 15) is 4.79 Å². The minimum atomic E-state index is 0.00327. The van der Waals surface area contributed by atoms with Crippen molar-refractivity contribution in [3.05, 3.63) is 64.7 Å². The maximum absolute atomic E-state index is 12.1. The molecule has 0 radical (unpaired) electrons. The van der Waals surface area contributed by atoms with Gasteiger partial charge in [0, 0.05) is 5.56 Å². The van der Waals surface area contributed by atoms with Crippen LogP contribution in [0.2, 0.25) is 0 Å². The van der Waals surface area contributed by atoms with Gasteiger partial charge in [0.15, 0.2) is 12.4 Å². The molecule has 2 nitrogen and oxygen atoms in total. The van der Waals surface area contributed by atoms with Crippen LogP contribution < -0.4 is 4.74 Å². The lowest BCUT2D eigenvalue weighted by atomic mass is 10.0. The second-order valence-electron chi connectivity index (χ2n) is 5.73. The molecule has 2 aromatic carbocycles. The van der Waals surface area contributed by atoms with Crippen molar-refractivity contribution in [2.24, 2.45) is 0 Å². The summed E-state index contributed by atoms with van der Waals surface area (Å²) in [6.45, 7) is 8.44. The molecule has 21 heavy (non-hydrogen) atoms. The molecule has 0 bridgehead atoms. The van der Waals surface area contributed by atoms with Crippen LogP contribution in [0.4, 0.5) is 0 Å². The number of carbonyl (C=O) groups excluding carboxylic acids is 1. The van der Waals surface area contributed by atoms with E-state index in [1.54, 1.807) is 0 Å². The standard InChI is InChI=1S/C19H22O2/c1-13(2)16-6-8-17(9-7-16)19(20)12-21-18-10-5-14(3)15(4)11-18/h5-11,13H,12H2,1-4H3. The summed E-state index contributed by atoms with van der Waals surface area (Å²) < 4.78 is 5.59. The van der Waals surface area contributed by atoms with Crippen LogP contribution in [0.1, 0.15) is 46.8 Å². The predicted octanol–water partition coefficient (Wildman–Crippen LogP) is 4.69. The van der Waals surface area contributed by atoms with Crippen LogP contribution in [-0.2, 0) is 0 Å². The third-order valence-electron chi connectivity index (χ3n) is 3.75. The van der Waals surface area contributed by atoms with E-state index < -0.39 is 0 Å². The minimum Gasteiger partial charge on any atom is -0.485 e. The van der Waals surface area contributed by atoms with Crippen molar-refractivity contribution in [3.8, 4) is 5.75 Å². The normalized spacial score (nSPS) is 10.7. The Morgan fingerprint density at radius 1 is 1.00 bits per heavy atom. The maximum Gasteiger partial charge on any atom is 0.200 e. The SMILES string of the molecule is Cc1ccc(OCC(=O)c2ccc(C(C)C)cc2)cc1C. The fourth-order valence-corrected chi connectivity index (χ4v) is 2.09. The highest BCUT2D eigenvalue weighted by atomic mass is 16.5. The Morgan fingerprint density at radius 3 is 2.24 bits per heavy atom. The number of hydrogen-bond donors (Lipinski definition) is 0. The summed E-state index contributed by atoms with van der Waals surface area (Å²) in [5, 5.41) is 0. The van der Waals surface area contributed by atoms with Gasteiger partial charge in [-0.05, 0) is 48.6 Å². The van der Waals surface area contributed by atoms with Crippen molar-refractivity contribution in [1.82, 2.24) is 0 Å². The average molecular weight is 282 g/mol. The van der Waals surface area contributed by atoms with E-state index >= 15 is 0 Å². The largest absolute Gasteiger partial charge is 0.485 e. The van der Waals surface area contributed by atoms with Crippen LogP contribution in [0.25, 0.3) is 0 Å². The van der Waals surface area contributed by atoms with Crippen molar-refractivity contribution >= 4 is 5.78 Å². The van der Waals surface area contributed by atoms with Crippen molar-refractivity contribution in [2.75, 3.05) is 6.61 Å². The molecule has 0 amide bonds. The molecule has 0 heterocycles. The van der Waals surface area contributed by atoms with Gasteiger partial charge >= 0.3 is 0 Å². The van der Waals surface area contributed by atoms with E-state index in [0.29, 0.717) is 11.5 Å². The lowest BCUT2D eigenvalue weighted by Gasteiger charge is -2.09. The van der Waals surface area contributed by atoms with Crippen molar-refractivity contribution < 1.29 is 9.53 Å². The Morgan fingerprint density at radius 2 is 1.67 bits per heavy atom. The molecule has 2 heteroatoms. The van der Waals surface area contributed by atoms with Gasteiger partial charge in [-0.3, -0.25) is 4.79 Å². The van der Waals surface area contributed by atoms with Crippen molar-refractivity contribution in [1.29, 1.82) is 0 Å². The third kappa shape index (κ3) is 3.94. The summed E-state index contributed by atoms with van der Waals surface area (Å²) in [6, 6.07) is 13.6. The number of carbonyl (C=O) groups is 1. The summed E-state index contributed by atoms with van der Waals surface area (Å²) in [7, 11) is 0. The molecule has 110 valence electrons. The van der Waals surface area contributed by atoms with Crippen molar-refractivity contribution in [3.63, 3.8) is 0 Å². The first-order chi connectivity index (χ1) is 9.97.